The summed E-state index contributed by atoms with van der Waals surface area (Å²) in [4.78, 5) is 0. The van der Waals surface area contributed by atoms with Crippen LogP contribution in [0.15, 0.2) is 36.7 Å². The molecule has 0 heterocycles. The zero-order valence-electron chi connectivity index (χ0n) is 17.0. The Morgan fingerprint density at radius 3 is 2.11 bits per heavy atom. The van der Waals surface area contributed by atoms with E-state index in [0.29, 0.717) is 5.92 Å². The van der Waals surface area contributed by atoms with Crippen LogP contribution >= 0.6 is 0 Å². The van der Waals surface area contributed by atoms with E-state index in [1.807, 2.05) is 0 Å². The largest absolute Gasteiger partial charge is 0.494 e. The fourth-order valence-corrected chi connectivity index (χ4v) is 5.21. The van der Waals surface area contributed by atoms with Crippen LogP contribution in [-0.4, -0.2) is 6.61 Å². The molecular formula is C25H37FO. The van der Waals surface area contributed by atoms with Crippen molar-refractivity contribution < 1.29 is 9.13 Å². The van der Waals surface area contributed by atoms with Crippen LogP contribution < -0.4 is 4.74 Å². The van der Waals surface area contributed by atoms with E-state index in [0.717, 1.165) is 42.9 Å². The topological polar surface area (TPSA) is 9.23 Å². The number of halogens is 1. The molecule has 2 saturated carbocycles. The first-order chi connectivity index (χ1) is 13.3. The monoisotopic (exact) mass is 372 g/mol. The van der Waals surface area contributed by atoms with E-state index in [1.54, 1.807) is 6.08 Å². The van der Waals surface area contributed by atoms with Gasteiger partial charge in [-0.05, 0) is 99.2 Å². The summed E-state index contributed by atoms with van der Waals surface area (Å²) in [6.45, 7) is 3.06. The summed E-state index contributed by atoms with van der Waals surface area (Å²) in [7, 11) is 0. The number of ether oxygens (including phenoxy) is 1. The van der Waals surface area contributed by atoms with Gasteiger partial charge in [-0.25, -0.2) is 4.39 Å². The van der Waals surface area contributed by atoms with Crippen molar-refractivity contribution in [2.24, 2.45) is 17.8 Å². The van der Waals surface area contributed by atoms with Crippen LogP contribution in [-0.2, 0) is 0 Å². The Morgan fingerprint density at radius 1 is 0.889 bits per heavy atom. The van der Waals surface area contributed by atoms with Gasteiger partial charge in [-0.2, -0.15) is 0 Å². The van der Waals surface area contributed by atoms with Crippen molar-refractivity contribution in [1.29, 1.82) is 0 Å². The zero-order valence-corrected chi connectivity index (χ0v) is 17.0. The van der Waals surface area contributed by atoms with Crippen LogP contribution in [0.3, 0.4) is 0 Å². The maximum Gasteiger partial charge on any atom is 0.119 e. The van der Waals surface area contributed by atoms with E-state index in [-0.39, 0.29) is 0 Å². The number of rotatable bonds is 8. The van der Waals surface area contributed by atoms with Crippen LogP contribution in [0, 0.1) is 17.8 Å². The van der Waals surface area contributed by atoms with E-state index in [9.17, 15) is 4.39 Å². The van der Waals surface area contributed by atoms with Crippen molar-refractivity contribution in [1.82, 2.24) is 0 Å². The first-order valence-corrected chi connectivity index (χ1v) is 11.3. The van der Waals surface area contributed by atoms with Crippen molar-refractivity contribution >= 4 is 0 Å². The Balaban J connectivity index is 1.41. The molecule has 0 aliphatic heterocycles. The highest BCUT2D eigenvalue weighted by Gasteiger charge is 2.30. The molecule has 1 aromatic rings. The molecule has 0 bridgehead atoms. The van der Waals surface area contributed by atoms with E-state index in [2.05, 4.69) is 31.2 Å². The fraction of sp³-hybridized carbons (Fsp3) is 0.680. The van der Waals surface area contributed by atoms with Gasteiger partial charge in [0.15, 0.2) is 0 Å². The molecule has 150 valence electrons. The lowest BCUT2D eigenvalue weighted by Crippen LogP contribution is -2.25. The van der Waals surface area contributed by atoms with Gasteiger partial charge in [0, 0.05) is 0 Å². The van der Waals surface area contributed by atoms with Crippen molar-refractivity contribution in [2.75, 3.05) is 6.61 Å². The van der Waals surface area contributed by atoms with E-state index in [4.69, 9.17) is 4.74 Å². The van der Waals surface area contributed by atoms with Gasteiger partial charge in [0.05, 0.1) is 12.9 Å². The van der Waals surface area contributed by atoms with Gasteiger partial charge in [-0.1, -0.05) is 38.0 Å². The van der Waals surface area contributed by atoms with Crippen LogP contribution in [0.5, 0.6) is 5.75 Å². The molecule has 2 aliphatic rings. The highest BCUT2D eigenvalue weighted by Crippen LogP contribution is 2.44. The predicted octanol–water partition coefficient (Wildman–Crippen LogP) is 7.82. The van der Waals surface area contributed by atoms with Gasteiger partial charge >= 0.3 is 0 Å². The third-order valence-corrected chi connectivity index (χ3v) is 6.97. The molecule has 0 amide bonds. The Labute approximate surface area is 165 Å². The third kappa shape index (κ3) is 6.09. The second-order valence-electron chi connectivity index (χ2n) is 8.73. The Morgan fingerprint density at radius 2 is 1.52 bits per heavy atom. The molecule has 2 aliphatic carbocycles. The van der Waals surface area contributed by atoms with Crippen molar-refractivity contribution in [3.05, 3.63) is 42.2 Å². The highest BCUT2D eigenvalue weighted by molar-refractivity contribution is 5.29. The molecule has 2 fully saturated rings. The fourth-order valence-electron chi connectivity index (χ4n) is 5.21. The minimum Gasteiger partial charge on any atom is -0.494 e. The zero-order chi connectivity index (χ0) is 18.9. The lowest BCUT2D eigenvalue weighted by Gasteiger charge is -2.37. The third-order valence-electron chi connectivity index (χ3n) is 6.97. The van der Waals surface area contributed by atoms with Crippen molar-refractivity contribution in [3.8, 4) is 5.75 Å². The molecule has 0 spiro atoms. The molecule has 0 unspecified atom stereocenters. The van der Waals surface area contributed by atoms with Gasteiger partial charge in [0.25, 0.3) is 0 Å². The normalized spacial score (nSPS) is 29.1. The van der Waals surface area contributed by atoms with Crippen LogP contribution in [0.25, 0.3) is 0 Å². The van der Waals surface area contributed by atoms with Crippen LogP contribution in [0.4, 0.5) is 4.39 Å². The second-order valence-corrected chi connectivity index (χ2v) is 8.73. The molecule has 0 N–H and O–H groups in total. The molecule has 1 aromatic carbocycles. The number of benzene rings is 1. The second kappa shape index (κ2) is 10.9. The summed E-state index contributed by atoms with van der Waals surface area (Å²) < 4.78 is 18.2. The number of hydrogen-bond donors (Lipinski definition) is 0. The molecule has 0 radical (unpaired) electrons. The first kappa shape index (κ1) is 20.4. The molecule has 0 aromatic heterocycles. The molecule has 0 saturated heterocycles. The van der Waals surface area contributed by atoms with Gasteiger partial charge in [-0.15, -0.1) is 0 Å². The van der Waals surface area contributed by atoms with Crippen LogP contribution in [0.1, 0.15) is 89.0 Å². The molecule has 1 nitrogen and oxygen atoms in total. The lowest BCUT2D eigenvalue weighted by atomic mass is 9.68. The minimum absolute atomic E-state index is 0.491. The average molecular weight is 373 g/mol. The van der Waals surface area contributed by atoms with E-state index >= 15 is 0 Å². The SMILES string of the molecule is CCCCCOc1ccc([C@H]2CC[C@H]([C@H]3CC[C@H](C=CF)CC3)CC2)cc1. The summed E-state index contributed by atoms with van der Waals surface area (Å²) >= 11 is 0. The van der Waals surface area contributed by atoms with Gasteiger partial charge in [-0.3, -0.25) is 0 Å². The number of allylic oxidation sites excluding steroid dienone is 1. The summed E-state index contributed by atoms with van der Waals surface area (Å²) in [6, 6.07) is 8.89. The van der Waals surface area contributed by atoms with Gasteiger partial charge in [0.1, 0.15) is 5.75 Å². The van der Waals surface area contributed by atoms with Crippen molar-refractivity contribution in [2.45, 2.75) is 83.5 Å². The summed E-state index contributed by atoms with van der Waals surface area (Å²) in [5, 5.41) is 0. The molecule has 3 rings (SSSR count). The quantitative estimate of drug-likeness (QED) is 0.423. The van der Waals surface area contributed by atoms with Crippen LogP contribution in [0.2, 0.25) is 0 Å². The maximum absolute atomic E-state index is 12.4. The summed E-state index contributed by atoms with van der Waals surface area (Å²) in [6.07, 6.45) is 16.5. The Hall–Kier alpha value is -1.31. The molecule has 0 atom stereocenters. The van der Waals surface area contributed by atoms with Crippen molar-refractivity contribution in [3.63, 3.8) is 0 Å². The first-order valence-electron chi connectivity index (χ1n) is 11.3. The number of hydrogen-bond acceptors (Lipinski definition) is 1. The molecule has 27 heavy (non-hydrogen) atoms. The minimum atomic E-state index is 0.491. The standard InChI is InChI=1S/C25H37FO/c1-2-3-4-19-27-25-15-13-24(14-16-25)23-11-9-22(10-12-23)21-7-5-20(6-8-21)17-18-26/h13-18,20-23H,2-12,19H2,1H3/t20-,21-,22-,23-. The Kier molecular flexibility index (Phi) is 8.23. The highest BCUT2D eigenvalue weighted by atomic mass is 19.1. The predicted molar refractivity (Wildman–Crippen MR) is 112 cm³/mol. The van der Waals surface area contributed by atoms with E-state index in [1.165, 1.54) is 69.8 Å². The van der Waals surface area contributed by atoms with E-state index < -0.39 is 0 Å². The Bertz CT molecular complexity index is 548. The lowest BCUT2D eigenvalue weighted by molar-refractivity contribution is 0.171. The number of unbranched alkanes of at least 4 members (excludes halogenated alkanes) is 2. The molecule has 2 heteroatoms. The smallest absolute Gasteiger partial charge is 0.119 e. The summed E-state index contributed by atoms with van der Waals surface area (Å²) in [5.74, 6) is 4.01. The van der Waals surface area contributed by atoms with Gasteiger partial charge < -0.3 is 4.74 Å². The maximum atomic E-state index is 12.4. The summed E-state index contributed by atoms with van der Waals surface area (Å²) in [5.41, 5.74) is 1.49. The average Bonchev–Trinajstić information content (AvgIpc) is 2.73. The molecular weight excluding hydrogens is 335 g/mol. The van der Waals surface area contributed by atoms with Gasteiger partial charge in [0.2, 0.25) is 0 Å².